The molecule has 6 nitrogen and oxygen atoms in total. The monoisotopic (exact) mass is 507 g/mol. The van der Waals surface area contributed by atoms with Gasteiger partial charge in [-0.1, -0.05) is 6.08 Å². The second kappa shape index (κ2) is 9.63. The van der Waals surface area contributed by atoms with Crippen molar-refractivity contribution >= 4 is 18.3 Å². The molecule has 6 rings (SSSR count). The third-order valence-corrected chi connectivity index (χ3v) is 7.90. The van der Waals surface area contributed by atoms with Crippen molar-refractivity contribution in [2.75, 3.05) is 0 Å². The summed E-state index contributed by atoms with van der Waals surface area (Å²) in [5.41, 5.74) is 1.52. The fraction of sp³-hybridized carbons (Fsp3) is 0.483. The van der Waals surface area contributed by atoms with Crippen LogP contribution in [-0.2, 0) is 14.3 Å². The van der Waals surface area contributed by atoms with Gasteiger partial charge in [0, 0.05) is 49.0 Å². The zero-order chi connectivity index (χ0) is 25.6. The molecule has 37 heavy (non-hydrogen) atoms. The Labute approximate surface area is 215 Å². The number of carbonyl (C=O) groups excluding carboxylic acids is 1. The molecular formula is C29H31F2N3O3. The van der Waals surface area contributed by atoms with E-state index in [1.807, 2.05) is 25.4 Å². The summed E-state index contributed by atoms with van der Waals surface area (Å²) in [5.74, 6) is -0.417. The van der Waals surface area contributed by atoms with Gasteiger partial charge in [0.15, 0.2) is 5.60 Å². The Morgan fingerprint density at radius 2 is 1.81 bits per heavy atom. The number of aliphatic imine (C=N–C) groups is 2. The van der Waals surface area contributed by atoms with Crippen LogP contribution in [0, 0.1) is 17.6 Å². The number of hydrogen-bond donors (Lipinski definition) is 0. The number of halogens is 2. The summed E-state index contributed by atoms with van der Waals surface area (Å²) >= 11 is 0. The first-order chi connectivity index (χ1) is 17.9. The molecule has 0 aromatic heterocycles. The highest BCUT2D eigenvalue weighted by molar-refractivity contribution is 5.89. The van der Waals surface area contributed by atoms with Gasteiger partial charge in [-0.15, -0.1) is 0 Å². The Bertz CT molecular complexity index is 1220. The molecule has 1 aliphatic carbocycles. The Hall–Kier alpha value is -3.13. The number of carbonyl (C=O) groups is 1. The van der Waals surface area contributed by atoms with Gasteiger partial charge in [-0.25, -0.2) is 8.78 Å². The number of rotatable bonds is 4. The minimum absolute atomic E-state index is 0.101. The van der Waals surface area contributed by atoms with Crippen molar-refractivity contribution in [3.63, 3.8) is 0 Å². The summed E-state index contributed by atoms with van der Waals surface area (Å²) < 4.78 is 40.3. The fourth-order valence-electron chi connectivity index (χ4n) is 6.14. The smallest absolute Gasteiger partial charge is 0.257 e. The normalized spacial score (nSPS) is 36.0. The van der Waals surface area contributed by atoms with Crippen molar-refractivity contribution in [2.45, 2.75) is 82.3 Å². The minimum Gasteiger partial charge on any atom is -0.490 e. The summed E-state index contributed by atoms with van der Waals surface area (Å²) in [5, 5.41) is 0. The third kappa shape index (κ3) is 4.67. The fourth-order valence-corrected chi connectivity index (χ4v) is 6.14. The van der Waals surface area contributed by atoms with Crippen LogP contribution >= 0.6 is 0 Å². The summed E-state index contributed by atoms with van der Waals surface area (Å²) in [6.07, 6.45) is 15.4. The predicted octanol–water partition coefficient (Wildman–Crippen LogP) is 5.92. The summed E-state index contributed by atoms with van der Waals surface area (Å²) in [7, 11) is 0. The zero-order valence-electron chi connectivity index (χ0n) is 20.9. The lowest BCUT2D eigenvalue weighted by Crippen LogP contribution is -2.54. The highest BCUT2D eigenvalue weighted by Gasteiger charge is 2.63. The first-order valence-corrected chi connectivity index (χ1v) is 13.2. The molecule has 1 amide bonds. The topological polar surface area (TPSA) is 63.5 Å². The van der Waals surface area contributed by atoms with Crippen LogP contribution in [0.4, 0.5) is 8.78 Å². The molecule has 3 atom stereocenters. The molecule has 5 aliphatic rings. The maximum atomic E-state index is 13.8. The van der Waals surface area contributed by atoms with Gasteiger partial charge < -0.3 is 14.4 Å². The number of amides is 1. The molecule has 1 aromatic carbocycles. The Morgan fingerprint density at radius 1 is 1.03 bits per heavy atom. The molecule has 1 saturated carbocycles. The second-order valence-electron chi connectivity index (χ2n) is 10.6. The molecule has 3 fully saturated rings. The van der Waals surface area contributed by atoms with Gasteiger partial charge >= 0.3 is 0 Å². The highest BCUT2D eigenvalue weighted by atomic mass is 19.1. The molecular weight excluding hydrogens is 476 g/mol. The molecule has 1 spiro atoms. The number of fused-ring (bicyclic) bond motifs is 1. The molecule has 1 aromatic rings. The lowest BCUT2D eigenvalue weighted by Gasteiger charge is -2.42. The van der Waals surface area contributed by atoms with Gasteiger partial charge in [0.1, 0.15) is 29.7 Å². The lowest BCUT2D eigenvalue weighted by atomic mass is 9.76. The van der Waals surface area contributed by atoms with Crippen LogP contribution < -0.4 is 0 Å². The average Bonchev–Trinajstić information content (AvgIpc) is 3.26. The maximum Gasteiger partial charge on any atom is 0.257 e. The number of hydrogen-bond acceptors (Lipinski definition) is 5. The van der Waals surface area contributed by atoms with Gasteiger partial charge in [0.2, 0.25) is 0 Å². The molecule has 194 valence electrons. The van der Waals surface area contributed by atoms with Crippen LogP contribution in [0.2, 0.25) is 0 Å². The molecule has 2 saturated heterocycles. The van der Waals surface area contributed by atoms with Crippen molar-refractivity contribution < 1.29 is 23.0 Å². The van der Waals surface area contributed by atoms with E-state index < -0.39 is 17.2 Å². The Kier molecular flexibility index (Phi) is 6.31. The van der Waals surface area contributed by atoms with Crippen LogP contribution in [0.5, 0.6) is 0 Å². The van der Waals surface area contributed by atoms with Gasteiger partial charge in [0.25, 0.3) is 5.91 Å². The van der Waals surface area contributed by atoms with E-state index in [-0.39, 0.29) is 30.2 Å². The average molecular weight is 508 g/mol. The van der Waals surface area contributed by atoms with Crippen LogP contribution in [0.25, 0.3) is 0 Å². The SMILES string of the molecule is CC1=CC(/C2=C/C(OC3CC4(C3)O[C@@H]3CC[C@@H](c5cc(F)cc(F)c5)N3C4=O)=C\CCC=N2)CCC=N1. The van der Waals surface area contributed by atoms with Crippen molar-refractivity contribution in [3.05, 3.63) is 70.8 Å². The standard InChI is InChI=1S/C29H31F2N3O3/c1-18-11-19(5-4-10-32-18)25-15-23(6-2-3-9-33-25)36-24-16-29(17-24)28(35)34-26(7-8-27(34)37-29)20-12-21(30)14-22(31)13-20/h6,9-15,19,24,26-27H,2-5,7-8,16-17H2,1H3/b23-6+,25-15-,33-9?/t19?,24?,26-,27+,29?/m0/s1. The summed E-state index contributed by atoms with van der Waals surface area (Å²) in [6.45, 7) is 2.00. The first kappa shape index (κ1) is 24.2. The maximum absolute atomic E-state index is 13.8. The van der Waals surface area contributed by atoms with Crippen molar-refractivity contribution in [1.29, 1.82) is 0 Å². The second-order valence-corrected chi connectivity index (χ2v) is 10.6. The minimum atomic E-state index is -0.911. The van der Waals surface area contributed by atoms with Crippen LogP contribution in [0.1, 0.15) is 69.9 Å². The molecule has 0 N–H and O–H groups in total. The molecule has 1 unspecified atom stereocenters. The van der Waals surface area contributed by atoms with Gasteiger partial charge in [-0.05, 0) is 69.2 Å². The molecule has 4 aliphatic heterocycles. The van der Waals surface area contributed by atoms with Gasteiger partial charge in [-0.2, -0.15) is 0 Å². The highest BCUT2D eigenvalue weighted by Crippen LogP contribution is 2.52. The molecule has 0 radical (unpaired) electrons. The number of benzene rings is 1. The largest absolute Gasteiger partial charge is 0.490 e. The number of allylic oxidation sites excluding steroid dienone is 4. The van der Waals surface area contributed by atoms with E-state index >= 15 is 0 Å². The molecule has 4 heterocycles. The van der Waals surface area contributed by atoms with E-state index in [4.69, 9.17) is 14.5 Å². The number of nitrogens with zero attached hydrogens (tertiary/aromatic N) is 3. The summed E-state index contributed by atoms with van der Waals surface area (Å²) in [4.78, 5) is 24.3. The van der Waals surface area contributed by atoms with Crippen LogP contribution in [-0.4, -0.2) is 41.2 Å². The Morgan fingerprint density at radius 3 is 2.62 bits per heavy atom. The van der Waals surface area contributed by atoms with E-state index in [0.717, 1.165) is 48.9 Å². The van der Waals surface area contributed by atoms with Crippen LogP contribution in [0.15, 0.2) is 63.6 Å². The van der Waals surface area contributed by atoms with E-state index in [0.29, 0.717) is 31.2 Å². The lowest BCUT2D eigenvalue weighted by molar-refractivity contribution is -0.168. The van der Waals surface area contributed by atoms with Crippen molar-refractivity contribution in [3.8, 4) is 0 Å². The van der Waals surface area contributed by atoms with Crippen molar-refractivity contribution in [2.24, 2.45) is 15.9 Å². The Balaban J connectivity index is 1.14. The summed E-state index contributed by atoms with van der Waals surface area (Å²) in [6, 6.07) is 3.10. The predicted molar refractivity (Wildman–Crippen MR) is 136 cm³/mol. The van der Waals surface area contributed by atoms with Crippen molar-refractivity contribution in [1.82, 2.24) is 4.90 Å². The molecule has 8 heteroatoms. The molecule has 0 bridgehead atoms. The number of ether oxygens (including phenoxy) is 2. The van der Waals surface area contributed by atoms with Gasteiger partial charge in [-0.3, -0.25) is 14.8 Å². The van der Waals surface area contributed by atoms with E-state index in [2.05, 4.69) is 17.1 Å². The van der Waals surface area contributed by atoms with E-state index in [1.165, 1.54) is 12.1 Å². The van der Waals surface area contributed by atoms with Crippen LogP contribution in [0.3, 0.4) is 0 Å². The van der Waals surface area contributed by atoms with E-state index in [9.17, 15) is 13.6 Å². The zero-order valence-corrected chi connectivity index (χ0v) is 20.9. The van der Waals surface area contributed by atoms with E-state index in [1.54, 1.807) is 4.90 Å². The first-order valence-electron chi connectivity index (χ1n) is 13.2. The third-order valence-electron chi connectivity index (χ3n) is 7.90. The van der Waals surface area contributed by atoms with Gasteiger partial charge in [0.05, 0.1) is 11.7 Å². The quantitative estimate of drug-likeness (QED) is 0.508.